The number of nitrogens with zero attached hydrogens (tertiary/aromatic N) is 2. The molecular formula is C15H16N2. The predicted molar refractivity (Wildman–Crippen MR) is 70.0 cm³/mol. The predicted octanol–water partition coefficient (Wildman–Crippen LogP) is 3.85. The second-order valence-electron chi connectivity index (χ2n) is 4.81. The third-order valence-electron chi connectivity index (χ3n) is 3.16. The lowest BCUT2D eigenvalue weighted by Gasteiger charge is -2.09. The van der Waals surface area contributed by atoms with Gasteiger partial charge in [-0.1, -0.05) is 13.8 Å². The van der Waals surface area contributed by atoms with E-state index >= 15 is 0 Å². The highest BCUT2D eigenvalue weighted by atomic mass is 14.7. The fourth-order valence-electron chi connectivity index (χ4n) is 1.89. The number of hydrogen-bond acceptors (Lipinski definition) is 2. The van der Waals surface area contributed by atoms with Crippen molar-refractivity contribution in [2.24, 2.45) is 0 Å². The minimum Gasteiger partial charge on any atom is -0.252 e. The topological polar surface area (TPSA) is 36.7 Å². The Morgan fingerprint density at radius 3 is 2.35 bits per heavy atom. The van der Waals surface area contributed by atoms with E-state index in [0.717, 1.165) is 22.2 Å². The molecule has 0 aliphatic heterocycles. The third-order valence-corrected chi connectivity index (χ3v) is 3.16. The maximum Gasteiger partial charge on any atom is 0.0999 e. The number of aryl methyl sites for hydroxylation is 2. The molecule has 0 saturated carbocycles. The molecule has 0 unspecified atom stereocenters. The molecule has 0 bridgehead atoms. The van der Waals surface area contributed by atoms with Gasteiger partial charge in [-0.15, -0.1) is 0 Å². The molecule has 0 aliphatic rings. The molecule has 0 amide bonds. The lowest BCUT2D eigenvalue weighted by atomic mass is 10.00. The number of aromatic nitrogens is 1. The van der Waals surface area contributed by atoms with Gasteiger partial charge in [0.25, 0.3) is 0 Å². The van der Waals surface area contributed by atoms with E-state index < -0.39 is 0 Å². The summed E-state index contributed by atoms with van der Waals surface area (Å²) in [6.07, 6.45) is 0. The van der Waals surface area contributed by atoms with Gasteiger partial charge < -0.3 is 0 Å². The number of rotatable bonds is 1. The van der Waals surface area contributed by atoms with Crippen LogP contribution in [0.4, 0.5) is 0 Å². The quantitative estimate of drug-likeness (QED) is 0.737. The molecule has 2 nitrogen and oxygen atoms in total. The van der Waals surface area contributed by atoms with Crippen molar-refractivity contribution in [1.82, 2.24) is 4.98 Å². The smallest absolute Gasteiger partial charge is 0.0999 e. The van der Waals surface area contributed by atoms with Gasteiger partial charge in [-0.3, -0.25) is 4.98 Å². The molecule has 0 saturated heterocycles. The van der Waals surface area contributed by atoms with Gasteiger partial charge >= 0.3 is 0 Å². The average molecular weight is 224 g/mol. The number of pyridine rings is 1. The molecule has 0 aliphatic carbocycles. The summed E-state index contributed by atoms with van der Waals surface area (Å²) in [4.78, 5) is 4.63. The largest absolute Gasteiger partial charge is 0.252 e. The van der Waals surface area contributed by atoms with E-state index in [9.17, 15) is 5.26 Å². The number of nitriles is 1. The second-order valence-corrected chi connectivity index (χ2v) is 4.81. The van der Waals surface area contributed by atoms with Gasteiger partial charge in [-0.25, -0.2) is 0 Å². The van der Waals surface area contributed by atoms with E-state index in [1.807, 2.05) is 6.07 Å². The maximum absolute atomic E-state index is 9.22. The van der Waals surface area contributed by atoms with Crippen LogP contribution in [0.2, 0.25) is 0 Å². The van der Waals surface area contributed by atoms with Crippen LogP contribution in [0.1, 0.15) is 42.1 Å². The number of hydrogen-bond donors (Lipinski definition) is 0. The first-order valence-electron chi connectivity index (χ1n) is 5.85. The molecule has 0 spiro atoms. The molecule has 2 rings (SSSR count). The zero-order valence-corrected chi connectivity index (χ0v) is 10.7. The highest BCUT2D eigenvalue weighted by Gasteiger charge is 2.09. The molecule has 17 heavy (non-hydrogen) atoms. The van der Waals surface area contributed by atoms with Gasteiger partial charge in [-0.2, -0.15) is 5.26 Å². The fraction of sp³-hybridized carbons (Fsp3) is 0.333. The summed E-state index contributed by atoms with van der Waals surface area (Å²) in [6, 6.07) is 8.30. The number of benzene rings is 1. The first-order valence-corrected chi connectivity index (χ1v) is 5.85. The van der Waals surface area contributed by atoms with Crippen molar-refractivity contribution in [3.8, 4) is 6.07 Å². The van der Waals surface area contributed by atoms with Crippen LogP contribution in [-0.2, 0) is 0 Å². The molecule has 0 N–H and O–H groups in total. The SMILES string of the molecule is Cc1cc2nc(C(C)C)cc(C#N)c2cc1C. The van der Waals surface area contributed by atoms with Crippen molar-refractivity contribution < 1.29 is 0 Å². The lowest BCUT2D eigenvalue weighted by Crippen LogP contribution is -1.96. The van der Waals surface area contributed by atoms with Crippen LogP contribution in [0.3, 0.4) is 0 Å². The summed E-state index contributed by atoms with van der Waals surface area (Å²) in [5.74, 6) is 0.341. The van der Waals surface area contributed by atoms with E-state index in [-0.39, 0.29) is 0 Å². The van der Waals surface area contributed by atoms with Crippen molar-refractivity contribution in [1.29, 1.82) is 5.26 Å². The molecule has 1 aromatic carbocycles. The Hall–Kier alpha value is -1.88. The first kappa shape index (κ1) is 11.6. The van der Waals surface area contributed by atoms with Crippen molar-refractivity contribution in [2.75, 3.05) is 0 Å². The summed E-state index contributed by atoms with van der Waals surface area (Å²) in [6.45, 7) is 8.32. The normalized spacial score (nSPS) is 10.8. The Balaban J connectivity index is 2.84. The zero-order valence-electron chi connectivity index (χ0n) is 10.7. The van der Waals surface area contributed by atoms with E-state index in [2.05, 4.69) is 50.9 Å². The van der Waals surface area contributed by atoms with Crippen LogP contribution >= 0.6 is 0 Å². The second kappa shape index (κ2) is 4.18. The first-order chi connectivity index (χ1) is 8.02. The van der Waals surface area contributed by atoms with Gasteiger partial charge in [0.1, 0.15) is 0 Å². The van der Waals surface area contributed by atoms with Crippen molar-refractivity contribution in [3.05, 3.63) is 40.6 Å². The van der Waals surface area contributed by atoms with Gasteiger partial charge in [0.05, 0.1) is 17.1 Å². The van der Waals surface area contributed by atoms with Crippen LogP contribution in [0.5, 0.6) is 0 Å². The Morgan fingerprint density at radius 1 is 1.12 bits per heavy atom. The molecule has 0 radical (unpaired) electrons. The van der Waals surface area contributed by atoms with Gasteiger partial charge in [0, 0.05) is 11.1 Å². The zero-order chi connectivity index (χ0) is 12.6. The summed E-state index contributed by atoms with van der Waals surface area (Å²) < 4.78 is 0. The molecule has 1 aromatic heterocycles. The van der Waals surface area contributed by atoms with Crippen molar-refractivity contribution in [2.45, 2.75) is 33.6 Å². The van der Waals surface area contributed by atoms with Crippen LogP contribution in [0.15, 0.2) is 18.2 Å². The minimum absolute atomic E-state index is 0.341. The Labute approximate surface area is 102 Å². The molecule has 0 atom stereocenters. The van der Waals surface area contributed by atoms with E-state index in [4.69, 9.17) is 0 Å². The summed E-state index contributed by atoms with van der Waals surface area (Å²) >= 11 is 0. The van der Waals surface area contributed by atoms with E-state index in [0.29, 0.717) is 5.92 Å². The van der Waals surface area contributed by atoms with Crippen molar-refractivity contribution >= 4 is 10.9 Å². The van der Waals surface area contributed by atoms with Crippen LogP contribution in [0, 0.1) is 25.2 Å². The lowest BCUT2D eigenvalue weighted by molar-refractivity contribution is 0.829. The Kier molecular flexibility index (Phi) is 2.85. The fourth-order valence-corrected chi connectivity index (χ4v) is 1.89. The van der Waals surface area contributed by atoms with Crippen molar-refractivity contribution in [3.63, 3.8) is 0 Å². The molecule has 1 heterocycles. The molecule has 86 valence electrons. The Bertz CT molecular complexity index is 619. The van der Waals surface area contributed by atoms with E-state index in [1.54, 1.807) is 0 Å². The Morgan fingerprint density at radius 2 is 1.76 bits per heavy atom. The van der Waals surface area contributed by atoms with E-state index in [1.165, 1.54) is 11.1 Å². The number of fused-ring (bicyclic) bond motifs is 1. The summed E-state index contributed by atoms with van der Waals surface area (Å²) in [7, 11) is 0. The van der Waals surface area contributed by atoms with Gasteiger partial charge in [0.15, 0.2) is 0 Å². The van der Waals surface area contributed by atoms with Crippen LogP contribution < -0.4 is 0 Å². The molecular weight excluding hydrogens is 208 g/mol. The van der Waals surface area contributed by atoms with Crippen LogP contribution in [-0.4, -0.2) is 4.98 Å². The maximum atomic E-state index is 9.22. The van der Waals surface area contributed by atoms with Gasteiger partial charge in [0.2, 0.25) is 0 Å². The monoisotopic (exact) mass is 224 g/mol. The standard InChI is InChI=1S/C15H16N2/c1-9(2)14-7-12(8-16)13-5-10(3)11(4)6-15(13)17-14/h5-7,9H,1-4H3. The minimum atomic E-state index is 0.341. The van der Waals surface area contributed by atoms with Crippen LogP contribution in [0.25, 0.3) is 10.9 Å². The average Bonchev–Trinajstić information content (AvgIpc) is 2.29. The summed E-state index contributed by atoms with van der Waals surface area (Å²) in [5.41, 5.74) is 5.05. The molecule has 2 aromatic rings. The third kappa shape index (κ3) is 2.01. The molecule has 0 fully saturated rings. The molecule has 2 heteroatoms. The highest BCUT2D eigenvalue weighted by Crippen LogP contribution is 2.24. The van der Waals surface area contributed by atoms with Gasteiger partial charge in [-0.05, 0) is 49.1 Å². The highest BCUT2D eigenvalue weighted by molar-refractivity contribution is 5.86. The summed E-state index contributed by atoms with van der Waals surface area (Å²) in [5, 5.41) is 10.2.